The van der Waals surface area contributed by atoms with Crippen LogP contribution < -0.4 is 0 Å². The van der Waals surface area contributed by atoms with Crippen LogP contribution in [0.2, 0.25) is 0 Å². The van der Waals surface area contributed by atoms with Crippen molar-refractivity contribution < 1.29 is 15.3 Å². The minimum Gasteiger partial charge on any atom is -0.508 e. The van der Waals surface area contributed by atoms with Gasteiger partial charge in [-0.25, -0.2) is 0 Å². The zero-order valence-corrected chi connectivity index (χ0v) is 7.83. The molecule has 0 unspecified atom stereocenters. The van der Waals surface area contributed by atoms with Gasteiger partial charge in [-0.05, 0) is 18.9 Å². The first-order chi connectivity index (χ1) is 6.11. The smallest absolute Gasteiger partial charge is 0.164 e. The third kappa shape index (κ3) is 1.54. The fraction of sp³-hybridized carbons (Fsp3) is 0.400. The van der Waals surface area contributed by atoms with Crippen LogP contribution in [0.15, 0.2) is 6.07 Å². The van der Waals surface area contributed by atoms with E-state index in [1.165, 1.54) is 6.07 Å². The summed E-state index contributed by atoms with van der Waals surface area (Å²) in [5.41, 5.74) is 0.960. The van der Waals surface area contributed by atoms with Crippen molar-refractivity contribution in [1.82, 2.24) is 0 Å². The van der Waals surface area contributed by atoms with Crippen LogP contribution in [-0.4, -0.2) is 15.3 Å². The Morgan fingerprint density at radius 3 is 2.08 bits per heavy atom. The van der Waals surface area contributed by atoms with E-state index in [4.69, 9.17) is 0 Å². The number of phenols is 3. The van der Waals surface area contributed by atoms with Gasteiger partial charge < -0.3 is 15.3 Å². The second-order valence-electron chi connectivity index (χ2n) is 2.94. The van der Waals surface area contributed by atoms with E-state index >= 15 is 0 Å². The molecule has 0 radical (unpaired) electrons. The van der Waals surface area contributed by atoms with Crippen LogP contribution in [0.1, 0.15) is 25.0 Å². The summed E-state index contributed by atoms with van der Waals surface area (Å²) in [5.74, 6) is -0.258. The Balaban J connectivity index is 3.37. The van der Waals surface area contributed by atoms with Crippen LogP contribution in [0.3, 0.4) is 0 Å². The topological polar surface area (TPSA) is 60.7 Å². The van der Waals surface area contributed by atoms with Crippen LogP contribution in [0.4, 0.5) is 0 Å². The SMILES string of the molecule is CCc1cc(O)c(CC)c(O)c1O. The highest BCUT2D eigenvalue weighted by Crippen LogP contribution is 2.38. The molecule has 3 nitrogen and oxygen atoms in total. The molecular weight excluding hydrogens is 168 g/mol. The molecule has 0 heterocycles. The van der Waals surface area contributed by atoms with Gasteiger partial charge >= 0.3 is 0 Å². The molecule has 3 N–H and O–H groups in total. The highest BCUT2D eigenvalue weighted by Gasteiger charge is 2.13. The predicted molar refractivity (Wildman–Crippen MR) is 50.2 cm³/mol. The highest BCUT2D eigenvalue weighted by molar-refractivity contribution is 5.56. The third-order valence-corrected chi connectivity index (χ3v) is 2.17. The van der Waals surface area contributed by atoms with E-state index in [0.29, 0.717) is 24.0 Å². The first kappa shape index (κ1) is 9.71. The lowest BCUT2D eigenvalue weighted by molar-refractivity contribution is 0.386. The van der Waals surface area contributed by atoms with E-state index in [1.807, 2.05) is 6.92 Å². The Labute approximate surface area is 77.3 Å². The molecule has 0 saturated carbocycles. The van der Waals surface area contributed by atoms with E-state index in [0.717, 1.165) is 0 Å². The maximum absolute atomic E-state index is 9.48. The third-order valence-electron chi connectivity index (χ3n) is 2.17. The Bertz CT molecular complexity index is 318. The number of benzene rings is 1. The highest BCUT2D eigenvalue weighted by atomic mass is 16.3. The van der Waals surface area contributed by atoms with Gasteiger partial charge in [-0.15, -0.1) is 0 Å². The lowest BCUT2D eigenvalue weighted by atomic mass is 10.0. The minimum absolute atomic E-state index is 0.0506. The molecule has 0 amide bonds. The van der Waals surface area contributed by atoms with E-state index in [9.17, 15) is 15.3 Å². The van der Waals surface area contributed by atoms with Gasteiger partial charge in [-0.1, -0.05) is 13.8 Å². The molecule has 1 rings (SSSR count). The van der Waals surface area contributed by atoms with Crippen LogP contribution in [0.5, 0.6) is 17.2 Å². The standard InChI is InChI=1S/C10H14O3/c1-3-6-5-8(11)7(4-2)10(13)9(6)12/h5,11-13H,3-4H2,1-2H3. The summed E-state index contributed by atoms with van der Waals surface area (Å²) in [6.07, 6.45) is 1.08. The summed E-state index contributed by atoms with van der Waals surface area (Å²) in [6, 6.07) is 1.49. The molecule has 0 atom stereocenters. The van der Waals surface area contributed by atoms with Gasteiger partial charge in [0.1, 0.15) is 5.75 Å². The van der Waals surface area contributed by atoms with Crippen LogP contribution >= 0.6 is 0 Å². The quantitative estimate of drug-likeness (QED) is 0.483. The summed E-state index contributed by atoms with van der Waals surface area (Å²) < 4.78 is 0. The molecule has 0 saturated heterocycles. The molecule has 0 bridgehead atoms. The second-order valence-corrected chi connectivity index (χ2v) is 2.94. The van der Waals surface area contributed by atoms with Crippen molar-refractivity contribution in [2.75, 3.05) is 0 Å². The molecule has 0 aromatic heterocycles. The van der Waals surface area contributed by atoms with Crippen molar-refractivity contribution in [3.8, 4) is 17.2 Å². The van der Waals surface area contributed by atoms with Gasteiger partial charge in [0.25, 0.3) is 0 Å². The summed E-state index contributed by atoms with van der Waals surface area (Å²) in [6.45, 7) is 3.65. The van der Waals surface area contributed by atoms with Crippen molar-refractivity contribution >= 4 is 0 Å². The van der Waals surface area contributed by atoms with E-state index < -0.39 is 0 Å². The lowest BCUT2D eigenvalue weighted by Gasteiger charge is -2.10. The number of hydrogen-bond acceptors (Lipinski definition) is 3. The monoisotopic (exact) mass is 182 g/mol. The van der Waals surface area contributed by atoms with Crippen LogP contribution in [0.25, 0.3) is 0 Å². The molecule has 0 aliphatic heterocycles. The number of aromatic hydroxyl groups is 3. The molecule has 72 valence electrons. The summed E-state index contributed by atoms with van der Waals surface area (Å²) in [5, 5.41) is 28.4. The second kappa shape index (κ2) is 3.56. The van der Waals surface area contributed by atoms with Gasteiger partial charge in [-0.3, -0.25) is 0 Å². The van der Waals surface area contributed by atoms with Crippen molar-refractivity contribution in [1.29, 1.82) is 0 Å². The number of phenolic OH excluding ortho intramolecular Hbond substituents is 3. The van der Waals surface area contributed by atoms with Gasteiger partial charge in [0, 0.05) is 11.1 Å². The molecule has 1 aromatic carbocycles. The average molecular weight is 182 g/mol. The molecule has 3 heteroatoms. The fourth-order valence-electron chi connectivity index (χ4n) is 1.35. The number of aryl methyl sites for hydroxylation is 1. The summed E-state index contributed by atoms with van der Waals surface area (Å²) in [4.78, 5) is 0. The van der Waals surface area contributed by atoms with Crippen molar-refractivity contribution in [2.45, 2.75) is 26.7 Å². The largest absolute Gasteiger partial charge is 0.508 e. The first-order valence-electron chi connectivity index (χ1n) is 4.37. The molecule has 0 fully saturated rings. The van der Waals surface area contributed by atoms with E-state index in [-0.39, 0.29) is 17.2 Å². The van der Waals surface area contributed by atoms with Crippen LogP contribution in [0, 0.1) is 0 Å². The van der Waals surface area contributed by atoms with Crippen molar-refractivity contribution in [2.24, 2.45) is 0 Å². The maximum atomic E-state index is 9.48. The van der Waals surface area contributed by atoms with Crippen LogP contribution in [-0.2, 0) is 12.8 Å². The predicted octanol–water partition coefficient (Wildman–Crippen LogP) is 1.93. The molecule has 13 heavy (non-hydrogen) atoms. The molecule has 1 aromatic rings. The van der Waals surface area contributed by atoms with E-state index in [2.05, 4.69) is 0 Å². The van der Waals surface area contributed by atoms with Gasteiger partial charge in [0.05, 0.1) is 0 Å². The average Bonchev–Trinajstić information content (AvgIpc) is 2.12. The Kier molecular flexibility index (Phi) is 2.66. The lowest BCUT2D eigenvalue weighted by Crippen LogP contribution is -1.89. The summed E-state index contributed by atoms with van der Waals surface area (Å²) >= 11 is 0. The van der Waals surface area contributed by atoms with E-state index in [1.54, 1.807) is 6.92 Å². The minimum atomic E-state index is -0.195. The number of rotatable bonds is 2. The first-order valence-corrected chi connectivity index (χ1v) is 4.37. The van der Waals surface area contributed by atoms with Gasteiger partial charge in [0.2, 0.25) is 0 Å². The molecule has 0 spiro atoms. The zero-order chi connectivity index (χ0) is 10.0. The van der Waals surface area contributed by atoms with Gasteiger partial charge in [-0.2, -0.15) is 0 Å². The van der Waals surface area contributed by atoms with Gasteiger partial charge in [0.15, 0.2) is 11.5 Å². The normalized spacial score (nSPS) is 10.3. The maximum Gasteiger partial charge on any atom is 0.164 e. The zero-order valence-electron chi connectivity index (χ0n) is 7.83. The van der Waals surface area contributed by atoms with Crippen molar-refractivity contribution in [3.63, 3.8) is 0 Å². The molecule has 0 aliphatic rings. The van der Waals surface area contributed by atoms with Crippen molar-refractivity contribution in [3.05, 3.63) is 17.2 Å². The summed E-state index contributed by atoms with van der Waals surface area (Å²) in [7, 11) is 0. The fourth-order valence-corrected chi connectivity index (χ4v) is 1.35. The molecule has 0 aliphatic carbocycles. The molecular formula is C10H14O3. The Morgan fingerprint density at radius 1 is 1.00 bits per heavy atom. The Morgan fingerprint density at radius 2 is 1.62 bits per heavy atom. The Hall–Kier alpha value is -1.38. The number of hydrogen-bond donors (Lipinski definition) is 3.